The van der Waals surface area contributed by atoms with E-state index in [0.717, 1.165) is 50.5 Å². The maximum Gasteiger partial charge on any atom is 0.416 e. The number of nitrogens with two attached hydrogens (primary N) is 1. The summed E-state index contributed by atoms with van der Waals surface area (Å²) in [4.78, 5) is 0. The molecular weight excluding hydrogens is 416 g/mol. The predicted molar refractivity (Wildman–Crippen MR) is 118 cm³/mol. The van der Waals surface area contributed by atoms with Crippen LogP contribution in [0.2, 0.25) is 0 Å². The average molecular weight is 438 g/mol. The van der Waals surface area contributed by atoms with E-state index in [9.17, 15) is 8.42 Å². The van der Waals surface area contributed by atoms with E-state index in [1.165, 1.54) is 0 Å². The lowest BCUT2D eigenvalue weighted by Gasteiger charge is -2.12. The van der Waals surface area contributed by atoms with Crippen molar-refractivity contribution in [1.29, 1.82) is 0 Å². The number of primary sulfonamides is 1. The van der Waals surface area contributed by atoms with Crippen LogP contribution in [0.15, 0.2) is 65.0 Å². The predicted octanol–water partition coefficient (Wildman–Crippen LogP) is 3.72. The van der Waals surface area contributed by atoms with E-state index < -0.39 is 10.0 Å². The molecule has 2 aromatic heterocycles. The summed E-state index contributed by atoms with van der Waals surface area (Å²) >= 11 is 0.951. The van der Waals surface area contributed by atoms with E-state index in [1.807, 2.05) is 73.9 Å². The van der Waals surface area contributed by atoms with Crippen LogP contribution in [0.4, 0.5) is 0 Å². The van der Waals surface area contributed by atoms with E-state index in [2.05, 4.69) is 22.3 Å². The lowest BCUT2D eigenvalue weighted by atomic mass is 10.0. The fourth-order valence-corrected chi connectivity index (χ4v) is 4.67. The van der Waals surface area contributed by atoms with Gasteiger partial charge in [0, 0.05) is 11.1 Å². The van der Waals surface area contributed by atoms with Gasteiger partial charge in [-0.3, -0.25) is 0 Å². The fraction of sp³-hybridized carbons (Fsp3) is 0.136. The number of hydrogen-bond acceptors (Lipinski definition) is 5. The highest BCUT2D eigenvalue weighted by Gasteiger charge is 2.28. The van der Waals surface area contributed by atoms with Gasteiger partial charge >= 0.3 is 5.13 Å². The monoisotopic (exact) mass is 437 g/mol. The zero-order valence-electron chi connectivity index (χ0n) is 16.8. The molecule has 0 bridgehead atoms. The number of hydrogen-bond donors (Lipinski definition) is 1. The Kier molecular flexibility index (Phi) is 5.23. The molecule has 2 aromatic carbocycles. The third-order valence-corrected chi connectivity index (χ3v) is 6.95. The molecule has 0 unspecified atom stereocenters. The average Bonchev–Trinajstić information content (AvgIpc) is 3.19. The Morgan fingerprint density at radius 3 is 1.63 bits per heavy atom. The number of aromatic nitrogens is 3. The van der Waals surface area contributed by atoms with Crippen LogP contribution >= 0.6 is 11.3 Å². The molecule has 2 heterocycles. The van der Waals surface area contributed by atoms with Gasteiger partial charge in [0.15, 0.2) is 0 Å². The van der Waals surface area contributed by atoms with Crippen molar-refractivity contribution in [3.63, 3.8) is 0 Å². The molecular formula is C22H21N4O2S2+. The summed E-state index contributed by atoms with van der Waals surface area (Å²) in [5.41, 5.74) is 7.15. The Morgan fingerprint density at radius 1 is 0.767 bits per heavy atom. The van der Waals surface area contributed by atoms with E-state index in [0.29, 0.717) is 5.13 Å². The Bertz CT molecular complexity index is 1260. The summed E-state index contributed by atoms with van der Waals surface area (Å²) in [6.07, 6.45) is 0. The Hall–Kier alpha value is -2.94. The summed E-state index contributed by atoms with van der Waals surface area (Å²) in [6.45, 7) is 6.11. The fourth-order valence-electron chi connectivity index (χ4n) is 3.22. The quantitative estimate of drug-likeness (QED) is 0.493. The first-order valence-corrected chi connectivity index (χ1v) is 11.7. The summed E-state index contributed by atoms with van der Waals surface area (Å²) in [7, 11) is -3.93. The highest BCUT2D eigenvalue weighted by molar-refractivity contribution is 7.91. The maximum absolute atomic E-state index is 11.8. The minimum atomic E-state index is -3.93. The molecule has 0 saturated carbocycles. The second-order valence-electron chi connectivity index (χ2n) is 7.27. The molecule has 0 radical (unpaired) electrons. The summed E-state index contributed by atoms with van der Waals surface area (Å²) in [6, 6.07) is 20.5. The SMILES string of the molecule is Cc1ccc(-c2cc(C)cc(-c3ccc(C)cc3)[n+]2-c2nnc(S(N)(=O)=O)s2)cc1. The summed E-state index contributed by atoms with van der Waals surface area (Å²) in [5, 5.41) is 13.7. The van der Waals surface area contributed by atoms with Gasteiger partial charge in [-0.05, 0) is 54.9 Å². The molecule has 2 N–H and O–H groups in total. The Balaban J connectivity index is 2.04. The van der Waals surface area contributed by atoms with Crippen molar-refractivity contribution >= 4 is 21.4 Å². The molecule has 152 valence electrons. The van der Waals surface area contributed by atoms with Crippen molar-refractivity contribution in [3.05, 3.63) is 77.4 Å². The van der Waals surface area contributed by atoms with Crippen LogP contribution in [0.25, 0.3) is 27.6 Å². The van der Waals surface area contributed by atoms with Gasteiger partial charge < -0.3 is 0 Å². The Labute approximate surface area is 179 Å². The van der Waals surface area contributed by atoms with E-state index in [1.54, 1.807) is 0 Å². The first kappa shape index (κ1) is 20.3. The Morgan fingerprint density at radius 2 is 1.23 bits per heavy atom. The summed E-state index contributed by atoms with van der Waals surface area (Å²) < 4.78 is 25.3. The van der Waals surface area contributed by atoms with Gasteiger partial charge in [0.2, 0.25) is 0 Å². The molecule has 0 saturated heterocycles. The van der Waals surface area contributed by atoms with Crippen molar-refractivity contribution in [2.75, 3.05) is 0 Å². The molecule has 0 fully saturated rings. The van der Waals surface area contributed by atoms with Crippen LogP contribution < -0.4 is 9.71 Å². The van der Waals surface area contributed by atoms with Crippen LogP contribution in [0.5, 0.6) is 0 Å². The van der Waals surface area contributed by atoms with Crippen LogP contribution in [-0.4, -0.2) is 18.6 Å². The molecule has 0 aliphatic heterocycles. The molecule has 8 heteroatoms. The smallest absolute Gasteiger partial charge is 0.222 e. The molecule has 30 heavy (non-hydrogen) atoms. The van der Waals surface area contributed by atoms with Gasteiger partial charge in [-0.1, -0.05) is 59.7 Å². The largest absolute Gasteiger partial charge is 0.416 e. The number of aryl methyl sites for hydroxylation is 3. The number of pyridine rings is 1. The molecule has 4 rings (SSSR count). The van der Waals surface area contributed by atoms with E-state index in [-0.39, 0.29) is 4.34 Å². The van der Waals surface area contributed by atoms with Crippen LogP contribution in [0.3, 0.4) is 0 Å². The standard InChI is InChI=1S/C22H21N4O2S2/c1-14-4-8-17(9-5-14)19-12-16(3)13-20(18-10-6-15(2)7-11-18)26(19)21-24-25-22(29-21)30(23,27)28/h4-13H,1-3H3,(H2,23,27,28)/q+1. The van der Waals surface area contributed by atoms with Gasteiger partial charge in [-0.15, -0.1) is 0 Å². The van der Waals surface area contributed by atoms with Crippen molar-refractivity contribution in [3.8, 4) is 27.6 Å². The first-order valence-electron chi connectivity index (χ1n) is 9.30. The van der Waals surface area contributed by atoms with Gasteiger partial charge in [0.1, 0.15) is 11.4 Å². The van der Waals surface area contributed by atoms with Gasteiger partial charge in [-0.25, -0.2) is 13.6 Å². The number of sulfonamides is 1. The lowest BCUT2D eigenvalue weighted by Crippen LogP contribution is -2.36. The highest BCUT2D eigenvalue weighted by Crippen LogP contribution is 2.27. The van der Waals surface area contributed by atoms with Crippen molar-refractivity contribution in [1.82, 2.24) is 10.2 Å². The minimum absolute atomic E-state index is 0.213. The number of benzene rings is 2. The molecule has 0 atom stereocenters. The van der Waals surface area contributed by atoms with Crippen LogP contribution in [0, 0.1) is 20.8 Å². The molecule has 4 aromatic rings. The minimum Gasteiger partial charge on any atom is -0.222 e. The molecule has 0 aliphatic rings. The van der Waals surface area contributed by atoms with Crippen molar-refractivity contribution in [2.24, 2.45) is 5.14 Å². The third-order valence-electron chi connectivity index (χ3n) is 4.74. The molecule has 0 amide bonds. The normalized spacial score (nSPS) is 11.6. The second kappa shape index (κ2) is 7.71. The summed E-state index contributed by atoms with van der Waals surface area (Å²) in [5.74, 6) is 0. The third kappa shape index (κ3) is 4.02. The van der Waals surface area contributed by atoms with Gasteiger partial charge in [0.05, 0.1) is 5.10 Å². The highest BCUT2D eigenvalue weighted by atomic mass is 32.2. The topological polar surface area (TPSA) is 89.8 Å². The van der Waals surface area contributed by atoms with Crippen molar-refractivity contribution in [2.45, 2.75) is 25.1 Å². The maximum atomic E-state index is 11.8. The first-order chi connectivity index (χ1) is 14.2. The van der Waals surface area contributed by atoms with Crippen LogP contribution in [0.1, 0.15) is 16.7 Å². The van der Waals surface area contributed by atoms with Crippen LogP contribution in [-0.2, 0) is 10.0 Å². The van der Waals surface area contributed by atoms with Crippen molar-refractivity contribution < 1.29 is 13.0 Å². The molecule has 0 aliphatic carbocycles. The van der Waals surface area contributed by atoms with E-state index >= 15 is 0 Å². The second-order valence-corrected chi connectivity index (χ2v) is 9.96. The lowest BCUT2D eigenvalue weighted by molar-refractivity contribution is -0.572. The zero-order chi connectivity index (χ0) is 21.5. The molecule has 0 spiro atoms. The number of nitrogens with zero attached hydrogens (tertiary/aromatic N) is 3. The van der Waals surface area contributed by atoms with Gasteiger partial charge in [-0.2, -0.15) is 4.57 Å². The van der Waals surface area contributed by atoms with E-state index in [4.69, 9.17) is 5.14 Å². The zero-order valence-corrected chi connectivity index (χ0v) is 18.5. The molecule has 6 nitrogen and oxygen atoms in total. The van der Waals surface area contributed by atoms with Gasteiger partial charge in [0.25, 0.3) is 14.4 Å². The number of rotatable bonds is 4.